The number of hydrogen-bond acceptors (Lipinski definition) is 4. The number of rotatable bonds is 5. The minimum absolute atomic E-state index is 0.0546. The maximum absolute atomic E-state index is 12.0. The predicted molar refractivity (Wildman–Crippen MR) is 80.4 cm³/mol. The summed E-state index contributed by atoms with van der Waals surface area (Å²) >= 11 is 2.06. The molecule has 1 atom stereocenters. The zero-order chi connectivity index (χ0) is 14.4. The van der Waals surface area contributed by atoms with Crippen molar-refractivity contribution in [2.24, 2.45) is 10.9 Å². The zero-order valence-corrected chi connectivity index (χ0v) is 12.6. The van der Waals surface area contributed by atoms with Crippen molar-refractivity contribution in [1.82, 2.24) is 5.32 Å². The van der Waals surface area contributed by atoms with Crippen LogP contribution in [0.3, 0.4) is 0 Å². The highest BCUT2D eigenvalue weighted by Crippen LogP contribution is 2.19. The largest absolute Gasteiger partial charge is 0.507 e. The molecule has 0 aliphatic heterocycles. The zero-order valence-electron chi connectivity index (χ0n) is 10.4. The van der Waals surface area contributed by atoms with Crippen molar-refractivity contribution < 1.29 is 15.1 Å². The number of carbonyl (C=O) groups excluding carboxylic acids is 1. The number of amidine groups is 1. The Morgan fingerprint density at radius 1 is 1.58 bits per heavy atom. The summed E-state index contributed by atoms with van der Waals surface area (Å²) in [6.45, 7) is 1.88. The highest BCUT2D eigenvalue weighted by Gasteiger charge is 2.16. The van der Waals surface area contributed by atoms with Gasteiger partial charge < -0.3 is 21.4 Å². The number of aromatic hydroxyl groups is 1. The fourth-order valence-electron chi connectivity index (χ4n) is 1.54. The van der Waals surface area contributed by atoms with Gasteiger partial charge in [0.25, 0.3) is 5.91 Å². The Hall–Kier alpha value is -1.51. The van der Waals surface area contributed by atoms with Gasteiger partial charge in [0.05, 0.1) is 5.56 Å². The van der Waals surface area contributed by atoms with E-state index >= 15 is 0 Å². The Bertz CT molecular complexity index is 491. The maximum Gasteiger partial charge on any atom is 0.255 e. The van der Waals surface area contributed by atoms with E-state index in [1.165, 1.54) is 6.07 Å². The summed E-state index contributed by atoms with van der Waals surface area (Å²) in [7, 11) is 0. The topological polar surface area (TPSA) is 108 Å². The monoisotopic (exact) mass is 377 g/mol. The van der Waals surface area contributed by atoms with Gasteiger partial charge in [0.1, 0.15) is 11.6 Å². The Morgan fingerprint density at radius 3 is 2.84 bits per heavy atom. The lowest BCUT2D eigenvalue weighted by Gasteiger charge is -2.16. The van der Waals surface area contributed by atoms with Crippen LogP contribution in [0.1, 0.15) is 30.1 Å². The van der Waals surface area contributed by atoms with Crippen molar-refractivity contribution in [1.29, 1.82) is 0 Å². The molecule has 5 N–H and O–H groups in total. The molecule has 0 aromatic heterocycles. The second kappa shape index (κ2) is 7.17. The van der Waals surface area contributed by atoms with E-state index in [2.05, 4.69) is 33.1 Å². The van der Waals surface area contributed by atoms with Crippen LogP contribution in [0.15, 0.2) is 23.4 Å². The number of amides is 1. The number of carbonyl (C=O) groups is 1. The number of nitrogens with zero attached hydrogens (tertiary/aromatic N) is 1. The Morgan fingerprint density at radius 2 is 2.26 bits per heavy atom. The molecule has 0 aliphatic carbocycles. The van der Waals surface area contributed by atoms with Crippen molar-refractivity contribution in [2.75, 3.05) is 0 Å². The molecule has 0 aliphatic rings. The van der Waals surface area contributed by atoms with Crippen LogP contribution in [-0.2, 0) is 0 Å². The lowest BCUT2D eigenvalue weighted by Crippen LogP contribution is -2.37. The SMILES string of the molecule is CCC(C/C(N)=N/O)NC(=O)c1cc(I)ccc1O. The summed E-state index contributed by atoms with van der Waals surface area (Å²) in [5, 5.41) is 23.8. The maximum atomic E-state index is 12.0. The van der Waals surface area contributed by atoms with Gasteiger partial charge in [-0.1, -0.05) is 12.1 Å². The summed E-state index contributed by atoms with van der Waals surface area (Å²) in [5.41, 5.74) is 5.63. The molecular weight excluding hydrogens is 361 g/mol. The van der Waals surface area contributed by atoms with Crippen LogP contribution >= 0.6 is 22.6 Å². The first-order valence-electron chi connectivity index (χ1n) is 5.73. The second-order valence-corrected chi connectivity index (χ2v) is 5.28. The van der Waals surface area contributed by atoms with Gasteiger partial charge in [0.15, 0.2) is 0 Å². The molecule has 0 spiro atoms. The molecule has 0 saturated heterocycles. The van der Waals surface area contributed by atoms with Crippen molar-refractivity contribution >= 4 is 34.3 Å². The van der Waals surface area contributed by atoms with Gasteiger partial charge in [-0.15, -0.1) is 0 Å². The molecule has 6 nitrogen and oxygen atoms in total. The second-order valence-electron chi connectivity index (χ2n) is 4.04. The number of phenolic OH excluding ortho intramolecular Hbond substituents is 1. The van der Waals surface area contributed by atoms with Crippen LogP contribution in [0.25, 0.3) is 0 Å². The van der Waals surface area contributed by atoms with E-state index in [-0.39, 0.29) is 35.5 Å². The van der Waals surface area contributed by atoms with E-state index in [4.69, 9.17) is 10.9 Å². The third-order valence-electron chi connectivity index (χ3n) is 2.62. The molecule has 1 unspecified atom stereocenters. The summed E-state index contributed by atoms with van der Waals surface area (Å²) in [6, 6.07) is 4.53. The molecule has 0 fully saturated rings. The minimum Gasteiger partial charge on any atom is -0.507 e. The van der Waals surface area contributed by atoms with Crippen molar-refractivity contribution in [3.8, 4) is 5.75 Å². The van der Waals surface area contributed by atoms with Gasteiger partial charge in [-0.3, -0.25) is 4.79 Å². The van der Waals surface area contributed by atoms with Crippen molar-refractivity contribution in [3.63, 3.8) is 0 Å². The lowest BCUT2D eigenvalue weighted by molar-refractivity contribution is 0.0934. The van der Waals surface area contributed by atoms with E-state index in [0.29, 0.717) is 6.42 Å². The van der Waals surface area contributed by atoms with Crippen molar-refractivity contribution in [3.05, 3.63) is 27.3 Å². The average Bonchev–Trinajstić information content (AvgIpc) is 2.40. The average molecular weight is 377 g/mol. The molecule has 1 amide bonds. The number of halogens is 1. The minimum atomic E-state index is -0.381. The standard InChI is InChI=1S/C12H16IN3O3/c1-2-8(6-11(14)16-19)15-12(18)9-5-7(13)3-4-10(9)17/h3-5,8,17,19H,2,6H2,1H3,(H2,14,16)(H,15,18). The van der Waals surface area contributed by atoms with Gasteiger partial charge >= 0.3 is 0 Å². The Balaban J connectivity index is 2.80. The van der Waals surface area contributed by atoms with Crippen LogP contribution in [0.2, 0.25) is 0 Å². The number of nitrogens with one attached hydrogen (secondary N) is 1. The molecule has 104 valence electrons. The molecule has 7 heteroatoms. The molecule has 0 bridgehead atoms. The summed E-state index contributed by atoms with van der Waals surface area (Å²) < 4.78 is 0.852. The first kappa shape index (κ1) is 15.5. The number of phenols is 1. The summed E-state index contributed by atoms with van der Waals surface area (Å²) in [5.74, 6) is -0.399. The van der Waals surface area contributed by atoms with Crippen LogP contribution < -0.4 is 11.1 Å². The van der Waals surface area contributed by atoms with Crippen LogP contribution in [0.4, 0.5) is 0 Å². The first-order valence-corrected chi connectivity index (χ1v) is 6.81. The van der Waals surface area contributed by atoms with E-state index in [9.17, 15) is 9.90 Å². The quantitative estimate of drug-likeness (QED) is 0.206. The van der Waals surface area contributed by atoms with E-state index in [1.54, 1.807) is 12.1 Å². The van der Waals surface area contributed by atoms with Gasteiger partial charge in [-0.25, -0.2) is 0 Å². The van der Waals surface area contributed by atoms with Gasteiger partial charge in [0, 0.05) is 16.0 Å². The van der Waals surface area contributed by atoms with Crippen LogP contribution in [0.5, 0.6) is 5.75 Å². The van der Waals surface area contributed by atoms with E-state index in [1.807, 2.05) is 6.92 Å². The Labute approximate surface area is 124 Å². The van der Waals surface area contributed by atoms with E-state index in [0.717, 1.165) is 3.57 Å². The highest BCUT2D eigenvalue weighted by atomic mass is 127. The van der Waals surface area contributed by atoms with Crippen LogP contribution in [0, 0.1) is 3.57 Å². The normalized spacial score (nSPS) is 13.1. The lowest BCUT2D eigenvalue weighted by atomic mass is 10.1. The predicted octanol–water partition coefficient (Wildman–Crippen LogP) is 1.64. The molecule has 1 rings (SSSR count). The van der Waals surface area contributed by atoms with Crippen molar-refractivity contribution in [2.45, 2.75) is 25.8 Å². The summed E-state index contributed by atoms with van der Waals surface area (Å²) in [4.78, 5) is 12.0. The summed E-state index contributed by atoms with van der Waals surface area (Å²) in [6.07, 6.45) is 0.885. The number of nitrogens with two attached hydrogens (primary N) is 1. The molecule has 19 heavy (non-hydrogen) atoms. The third-order valence-corrected chi connectivity index (χ3v) is 3.29. The fraction of sp³-hybridized carbons (Fsp3) is 0.333. The van der Waals surface area contributed by atoms with Gasteiger partial charge in [-0.05, 0) is 47.2 Å². The molecule has 1 aromatic carbocycles. The van der Waals surface area contributed by atoms with Gasteiger partial charge in [-0.2, -0.15) is 0 Å². The Kier molecular flexibility index (Phi) is 5.87. The fourth-order valence-corrected chi connectivity index (χ4v) is 2.04. The highest BCUT2D eigenvalue weighted by molar-refractivity contribution is 14.1. The van der Waals surface area contributed by atoms with Gasteiger partial charge in [0.2, 0.25) is 0 Å². The molecule has 0 radical (unpaired) electrons. The van der Waals surface area contributed by atoms with Crippen LogP contribution in [-0.4, -0.2) is 28.1 Å². The first-order chi connectivity index (χ1) is 8.97. The number of oxime groups is 1. The number of hydrogen-bond donors (Lipinski definition) is 4. The molecule has 0 heterocycles. The number of benzene rings is 1. The molecular formula is C12H16IN3O3. The smallest absolute Gasteiger partial charge is 0.255 e. The third kappa shape index (κ3) is 4.58. The molecule has 1 aromatic rings. The molecule has 0 saturated carbocycles. The van der Waals surface area contributed by atoms with E-state index < -0.39 is 0 Å².